The van der Waals surface area contributed by atoms with Gasteiger partial charge < -0.3 is 5.11 Å². The minimum atomic E-state index is -0.963. The number of aliphatic carboxylic acids is 1. The molecule has 1 N–H and O–H groups in total. The molecular formula is C27H34O4. The van der Waals surface area contributed by atoms with Crippen LogP contribution in [-0.2, 0) is 40.1 Å². The Bertz CT molecular complexity index is 876. The minimum absolute atomic E-state index is 0.0544. The fourth-order valence-corrected chi connectivity index (χ4v) is 3.84. The highest BCUT2D eigenvalue weighted by atomic mass is 16.4. The Morgan fingerprint density at radius 1 is 0.774 bits per heavy atom. The second kappa shape index (κ2) is 10.5. The monoisotopic (exact) mass is 422 g/mol. The molecule has 2 unspecified atom stereocenters. The lowest BCUT2D eigenvalue weighted by Crippen LogP contribution is -2.32. The average molecular weight is 423 g/mol. The van der Waals surface area contributed by atoms with Gasteiger partial charge in [-0.3, -0.25) is 14.4 Å². The summed E-state index contributed by atoms with van der Waals surface area (Å²) in [4.78, 5) is 35.4. The summed E-state index contributed by atoms with van der Waals surface area (Å²) in [7, 11) is 0. The molecule has 4 heteroatoms. The lowest BCUT2D eigenvalue weighted by molar-refractivity contribution is -0.147. The van der Waals surface area contributed by atoms with Crippen LogP contribution in [0.4, 0.5) is 0 Å². The van der Waals surface area contributed by atoms with E-state index < -0.39 is 11.4 Å². The van der Waals surface area contributed by atoms with Crippen molar-refractivity contribution >= 4 is 17.5 Å². The first-order chi connectivity index (χ1) is 14.5. The maximum atomic E-state index is 12.2. The molecule has 0 amide bonds. The number of carboxylic acids is 1. The minimum Gasteiger partial charge on any atom is -0.481 e. The zero-order chi connectivity index (χ0) is 23.2. The standard InChI is InChI=1S/C27H34O4/c1-18(20(3)28)12-22-8-6-10-24(14-22)16-27(5,26(30)31)17-25-11-7-9-23(15-25)13-19(2)21(4)29/h6-11,14-15,18-19H,12-13,16-17H2,1-5H3,(H,30,31). The van der Waals surface area contributed by atoms with Crippen LogP contribution in [0.1, 0.15) is 56.9 Å². The molecule has 2 atom stereocenters. The fourth-order valence-electron chi connectivity index (χ4n) is 3.84. The number of hydrogen-bond donors (Lipinski definition) is 1. The first-order valence-electron chi connectivity index (χ1n) is 10.9. The van der Waals surface area contributed by atoms with Gasteiger partial charge in [-0.05, 0) is 68.7 Å². The van der Waals surface area contributed by atoms with E-state index >= 15 is 0 Å². The first-order valence-corrected chi connectivity index (χ1v) is 10.9. The molecule has 0 heterocycles. The largest absolute Gasteiger partial charge is 0.481 e. The maximum Gasteiger partial charge on any atom is 0.310 e. The number of carboxylic acid groups (broad SMARTS) is 1. The molecule has 0 bridgehead atoms. The van der Waals surface area contributed by atoms with Gasteiger partial charge in [0.25, 0.3) is 0 Å². The second-order valence-electron chi connectivity index (χ2n) is 9.29. The van der Waals surface area contributed by atoms with Crippen LogP contribution in [0.5, 0.6) is 0 Å². The van der Waals surface area contributed by atoms with Crippen LogP contribution in [0.2, 0.25) is 0 Å². The van der Waals surface area contributed by atoms with Gasteiger partial charge in [0.2, 0.25) is 0 Å². The smallest absolute Gasteiger partial charge is 0.310 e. The van der Waals surface area contributed by atoms with E-state index in [0.717, 1.165) is 22.3 Å². The molecule has 2 aromatic carbocycles. The number of Topliss-reactive ketones (excluding diaryl/α,β-unsaturated/α-hetero) is 2. The average Bonchev–Trinajstić information content (AvgIpc) is 2.68. The number of carbonyl (C=O) groups excluding carboxylic acids is 2. The van der Waals surface area contributed by atoms with Crippen molar-refractivity contribution in [3.05, 3.63) is 70.8 Å². The predicted molar refractivity (Wildman–Crippen MR) is 123 cm³/mol. The Kier molecular flexibility index (Phi) is 8.32. The Morgan fingerprint density at radius 3 is 1.45 bits per heavy atom. The molecule has 166 valence electrons. The molecule has 2 aromatic rings. The van der Waals surface area contributed by atoms with E-state index in [1.54, 1.807) is 20.8 Å². The van der Waals surface area contributed by atoms with Gasteiger partial charge in [0.05, 0.1) is 5.41 Å². The molecule has 31 heavy (non-hydrogen) atoms. The van der Waals surface area contributed by atoms with Gasteiger partial charge in [-0.15, -0.1) is 0 Å². The number of ketones is 2. The number of hydrogen-bond acceptors (Lipinski definition) is 3. The quantitative estimate of drug-likeness (QED) is 0.547. The van der Waals surface area contributed by atoms with Gasteiger partial charge in [-0.2, -0.15) is 0 Å². The fraction of sp³-hybridized carbons (Fsp3) is 0.444. The van der Waals surface area contributed by atoms with Gasteiger partial charge >= 0.3 is 5.97 Å². The van der Waals surface area contributed by atoms with Crippen LogP contribution in [0.15, 0.2) is 48.5 Å². The van der Waals surface area contributed by atoms with Crippen LogP contribution in [0.25, 0.3) is 0 Å². The van der Waals surface area contributed by atoms with Crippen molar-refractivity contribution in [1.82, 2.24) is 0 Å². The third-order valence-electron chi connectivity index (χ3n) is 6.16. The first kappa shape index (κ1) is 24.5. The number of carbonyl (C=O) groups is 3. The van der Waals surface area contributed by atoms with Crippen molar-refractivity contribution < 1.29 is 19.5 Å². The van der Waals surface area contributed by atoms with E-state index in [4.69, 9.17) is 0 Å². The molecule has 0 radical (unpaired) electrons. The number of benzene rings is 2. The molecule has 0 aromatic heterocycles. The highest BCUT2D eigenvalue weighted by Crippen LogP contribution is 2.29. The topological polar surface area (TPSA) is 71.4 Å². The zero-order valence-electron chi connectivity index (χ0n) is 19.3. The molecule has 0 saturated carbocycles. The summed E-state index contributed by atoms with van der Waals surface area (Å²) in [5.41, 5.74) is 3.05. The van der Waals surface area contributed by atoms with Gasteiger partial charge in [0.1, 0.15) is 11.6 Å². The summed E-state index contributed by atoms with van der Waals surface area (Å²) in [6.07, 6.45) is 2.12. The second-order valence-corrected chi connectivity index (χ2v) is 9.29. The summed E-state index contributed by atoms with van der Waals surface area (Å²) in [5.74, 6) is -0.639. The molecule has 0 aliphatic rings. The van der Waals surface area contributed by atoms with E-state index in [-0.39, 0.29) is 23.4 Å². The van der Waals surface area contributed by atoms with Crippen LogP contribution < -0.4 is 0 Å². The van der Waals surface area contributed by atoms with Crippen molar-refractivity contribution in [2.75, 3.05) is 0 Å². The third-order valence-corrected chi connectivity index (χ3v) is 6.16. The third kappa shape index (κ3) is 7.16. The maximum absolute atomic E-state index is 12.2. The van der Waals surface area contributed by atoms with Crippen LogP contribution >= 0.6 is 0 Å². The summed E-state index contributed by atoms with van der Waals surface area (Å²) in [6.45, 7) is 8.81. The summed E-state index contributed by atoms with van der Waals surface area (Å²) >= 11 is 0. The lowest BCUT2D eigenvalue weighted by atomic mass is 9.77. The van der Waals surface area contributed by atoms with E-state index in [1.807, 2.05) is 62.4 Å². The Balaban J connectivity index is 2.21. The SMILES string of the molecule is CC(=O)C(C)Cc1cccc(CC(C)(Cc2cccc(CC(C)C(C)=O)c2)C(=O)O)c1. The van der Waals surface area contributed by atoms with Gasteiger partial charge in [-0.1, -0.05) is 62.4 Å². The van der Waals surface area contributed by atoms with Gasteiger partial charge in [-0.25, -0.2) is 0 Å². The van der Waals surface area contributed by atoms with E-state index in [0.29, 0.717) is 25.7 Å². The normalized spacial score (nSPS) is 15.0. The predicted octanol–water partition coefficient (Wildman–Crippen LogP) is 5.10. The van der Waals surface area contributed by atoms with Crippen LogP contribution in [-0.4, -0.2) is 22.6 Å². The molecule has 0 aliphatic carbocycles. The molecule has 4 nitrogen and oxygen atoms in total. The van der Waals surface area contributed by atoms with Crippen molar-refractivity contribution in [3.8, 4) is 0 Å². The molecule has 0 spiro atoms. The Hall–Kier alpha value is -2.75. The van der Waals surface area contributed by atoms with E-state index in [9.17, 15) is 19.5 Å². The van der Waals surface area contributed by atoms with Crippen molar-refractivity contribution in [2.45, 2.75) is 60.3 Å². The summed E-state index contributed by atoms with van der Waals surface area (Å²) < 4.78 is 0. The van der Waals surface area contributed by atoms with Crippen LogP contribution in [0.3, 0.4) is 0 Å². The zero-order valence-corrected chi connectivity index (χ0v) is 19.3. The molecule has 2 rings (SSSR count). The van der Waals surface area contributed by atoms with E-state index in [2.05, 4.69) is 0 Å². The molecule has 0 aliphatic heterocycles. The van der Waals surface area contributed by atoms with Gasteiger partial charge in [0, 0.05) is 11.8 Å². The highest BCUT2D eigenvalue weighted by molar-refractivity contribution is 5.78. The number of rotatable bonds is 11. The molecular weight excluding hydrogens is 388 g/mol. The van der Waals surface area contributed by atoms with Gasteiger partial charge in [0.15, 0.2) is 0 Å². The van der Waals surface area contributed by atoms with E-state index in [1.165, 1.54) is 0 Å². The molecule has 0 fully saturated rings. The molecule has 0 saturated heterocycles. The van der Waals surface area contributed by atoms with Crippen molar-refractivity contribution in [1.29, 1.82) is 0 Å². The van der Waals surface area contributed by atoms with Crippen molar-refractivity contribution in [3.63, 3.8) is 0 Å². The highest BCUT2D eigenvalue weighted by Gasteiger charge is 2.33. The summed E-state index contributed by atoms with van der Waals surface area (Å²) in [5, 5.41) is 10.0. The Morgan fingerprint density at radius 2 is 1.13 bits per heavy atom. The van der Waals surface area contributed by atoms with Crippen LogP contribution in [0, 0.1) is 17.3 Å². The lowest BCUT2D eigenvalue weighted by Gasteiger charge is -2.26. The summed E-state index contributed by atoms with van der Waals surface area (Å²) in [6, 6.07) is 15.8. The van der Waals surface area contributed by atoms with Crippen molar-refractivity contribution in [2.24, 2.45) is 17.3 Å². The Labute approximate surface area is 185 Å².